The van der Waals surface area contributed by atoms with Crippen LogP contribution in [0.5, 0.6) is 0 Å². The summed E-state index contributed by atoms with van der Waals surface area (Å²) in [4.78, 5) is 8.09. The lowest BCUT2D eigenvalue weighted by Crippen LogP contribution is -2.38. The molecule has 2 heterocycles. The second-order valence-electron chi connectivity index (χ2n) is 6.68. The van der Waals surface area contributed by atoms with E-state index in [0.717, 1.165) is 61.0 Å². The summed E-state index contributed by atoms with van der Waals surface area (Å²) in [6, 6.07) is 17.9. The first-order valence-corrected chi connectivity index (χ1v) is 10.9. The number of rotatable bonds is 6. The number of aromatic nitrogens is 1. The molecule has 1 aliphatic heterocycles. The van der Waals surface area contributed by atoms with Gasteiger partial charge in [-0.25, -0.2) is 4.68 Å². The Morgan fingerprint density at radius 2 is 1.79 bits per heavy atom. The Labute approximate surface area is 179 Å². The SMILES string of the molecule is Clc1ccccc1C=Nn1c(-c2ccccc2)csc1=NCCN1CCOCC1. The van der Waals surface area contributed by atoms with Gasteiger partial charge >= 0.3 is 0 Å². The third kappa shape index (κ3) is 5.22. The van der Waals surface area contributed by atoms with Crippen LogP contribution in [0.15, 0.2) is 70.1 Å². The van der Waals surface area contributed by atoms with Gasteiger partial charge < -0.3 is 4.74 Å². The molecule has 1 aromatic heterocycles. The largest absolute Gasteiger partial charge is 0.379 e. The van der Waals surface area contributed by atoms with Crippen molar-refractivity contribution in [3.63, 3.8) is 0 Å². The summed E-state index contributed by atoms with van der Waals surface area (Å²) in [5.41, 5.74) is 3.00. The summed E-state index contributed by atoms with van der Waals surface area (Å²) in [5, 5.41) is 7.51. The maximum Gasteiger partial charge on any atom is 0.206 e. The number of halogens is 1. The van der Waals surface area contributed by atoms with Gasteiger partial charge in [-0.2, -0.15) is 5.10 Å². The van der Waals surface area contributed by atoms with Crippen LogP contribution >= 0.6 is 22.9 Å². The van der Waals surface area contributed by atoms with Crippen molar-refractivity contribution < 1.29 is 4.74 Å². The van der Waals surface area contributed by atoms with Crippen LogP contribution in [0.3, 0.4) is 0 Å². The molecule has 0 unspecified atom stereocenters. The predicted molar refractivity (Wildman–Crippen MR) is 120 cm³/mol. The van der Waals surface area contributed by atoms with E-state index in [0.29, 0.717) is 5.02 Å². The Balaban J connectivity index is 1.63. The zero-order valence-corrected chi connectivity index (χ0v) is 17.6. The van der Waals surface area contributed by atoms with Gasteiger partial charge in [0, 0.05) is 41.2 Å². The number of thiazole rings is 1. The van der Waals surface area contributed by atoms with Gasteiger partial charge in [0.15, 0.2) is 0 Å². The van der Waals surface area contributed by atoms with Gasteiger partial charge in [-0.05, 0) is 6.07 Å². The third-order valence-electron chi connectivity index (χ3n) is 4.74. The fourth-order valence-electron chi connectivity index (χ4n) is 3.14. The van der Waals surface area contributed by atoms with E-state index in [4.69, 9.17) is 26.4 Å². The van der Waals surface area contributed by atoms with Crippen LogP contribution < -0.4 is 4.80 Å². The van der Waals surface area contributed by atoms with Crippen LogP contribution in [0.4, 0.5) is 0 Å². The molecule has 0 amide bonds. The highest BCUT2D eigenvalue weighted by Crippen LogP contribution is 2.20. The lowest BCUT2D eigenvalue weighted by atomic mass is 10.2. The maximum atomic E-state index is 6.29. The van der Waals surface area contributed by atoms with Gasteiger partial charge in [0.2, 0.25) is 4.80 Å². The van der Waals surface area contributed by atoms with Crippen molar-refractivity contribution in [2.24, 2.45) is 10.1 Å². The van der Waals surface area contributed by atoms with Crippen LogP contribution in [0.2, 0.25) is 5.02 Å². The van der Waals surface area contributed by atoms with Gasteiger partial charge in [-0.1, -0.05) is 60.1 Å². The molecular formula is C22H23ClN4OS. The van der Waals surface area contributed by atoms with Gasteiger partial charge in [-0.15, -0.1) is 11.3 Å². The van der Waals surface area contributed by atoms with Gasteiger partial charge in [0.05, 0.1) is 31.7 Å². The lowest BCUT2D eigenvalue weighted by Gasteiger charge is -2.25. The van der Waals surface area contributed by atoms with Gasteiger partial charge in [-0.3, -0.25) is 9.89 Å². The monoisotopic (exact) mass is 426 g/mol. The molecule has 29 heavy (non-hydrogen) atoms. The van der Waals surface area contributed by atoms with E-state index in [2.05, 4.69) is 22.4 Å². The first kappa shape index (κ1) is 20.0. The Bertz CT molecular complexity index is 1020. The summed E-state index contributed by atoms with van der Waals surface area (Å²) in [6.45, 7) is 5.21. The third-order valence-corrected chi connectivity index (χ3v) is 5.94. The molecule has 1 saturated heterocycles. The van der Waals surface area contributed by atoms with Crippen LogP contribution in [0, 0.1) is 0 Å². The molecular weight excluding hydrogens is 404 g/mol. The lowest BCUT2D eigenvalue weighted by molar-refractivity contribution is 0.0393. The summed E-state index contributed by atoms with van der Waals surface area (Å²) in [7, 11) is 0. The maximum absolute atomic E-state index is 6.29. The zero-order valence-electron chi connectivity index (χ0n) is 16.1. The van der Waals surface area contributed by atoms with E-state index >= 15 is 0 Å². The van der Waals surface area contributed by atoms with E-state index in [1.807, 2.05) is 47.1 Å². The van der Waals surface area contributed by atoms with Crippen LogP contribution in [0.1, 0.15) is 5.56 Å². The normalized spacial score (nSPS) is 16.0. The van der Waals surface area contributed by atoms with Gasteiger partial charge in [0.25, 0.3) is 0 Å². The molecule has 1 aliphatic rings. The van der Waals surface area contributed by atoms with Crippen molar-refractivity contribution in [1.29, 1.82) is 0 Å². The fourth-order valence-corrected chi connectivity index (χ4v) is 4.19. The quantitative estimate of drug-likeness (QED) is 0.559. The van der Waals surface area contributed by atoms with Crippen molar-refractivity contribution in [2.75, 3.05) is 39.4 Å². The Morgan fingerprint density at radius 3 is 2.59 bits per heavy atom. The van der Waals surface area contributed by atoms with E-state index in [9.17, 15) is 0 Å². The minimum Gasteiger partial charge on any atom is -0.379 e. The predicted octanol–water partition coefficient (Wildman–Crippen LogP) is 3.99. The molecule has 0 saturated carbocycles. The van der Waals surface area contributed by atoms with E-state index in [-0.39, 0.29) is 0 Å². The number of ether oxygens (including phenoxy) is 1. The highest BCUT2D eigenvalue weighted by molar-refractivity contribution is 7.07. The van der Waals surface area contributed by atoms with Gasteiger partial charge in [0.1, 0.15) is 0 Å². The Kier molecular flexibility index (Phi) is 6.90. The Hall–Kier alpha value is -2.25. The number of benzene rings is 2. The number of morpholine rings is 1. The molecule has 3 aromatic rings. The molecule has 0 spiro atoms. The van der Waals surface area contributed by atoms with Crippen molar-refractivity contribution in [3.05, 3.63) is 75.4 Å². The molecule has 4 rings (SSSR count). The minimum atomic E-state index is 0.680. The summed E-state index contributed by atoms with van der Waals surface area (Å²) < 4.78 is 7.32. The Morgan fingerprint density at radius 1 is 1.03 bits per heavy atom. The van der Waals surface area contributed by atoms with Crippen molar-refractivity contribution >= 4 is 29.2 Å². The molecule has 2 aromatic carbocycles. The molecule has 0 radical (unpaired) electrons. The molecule has 1 fully saturated rings. The molecule has 150 valence electrons. The standard InChI is InChI=1S/C22H23ClN4OS/c23-20-9-5-4-8-19(20)16-25-27-21(18-6-2-1-3-7-18)17-29-22(27)24-10-11-26-12-14-28-15-13-26/h1-9,16-17H,10-15H2. The number of nitrogens with zero attached hydrogens (tertiary/aromatic N) is 4. The first-order valence-electron chi connectivity index (χ1n) is 9.67. The molecule has 0 N–H and O–H groups in total. The summed E-state index contributed by atoms with van der Waals surface area (Å²) in [6.07, 6.45) is 1.79. The molecule has 0 bridgehead atoms. The van der Waals surface area contributed by atoms with E-state index in [1.165, 1.54) is 0 Å². The average molecular weight is 427 g/mol. The van der Waals surface area contributed by atoms with Crippen LogP contribution in [0.25, 0.3) is 11.3 Å². The van der Waals surface area contributed by atoms with Crippen molar-refractivity contribution in [1.82, 2.24) is 9.58 Å². The minimum absolute atomic E-state index is 0.680. The molecule has 0 atom stereocenters. The molecule has 7 heteroatoms. The number of hydrogen-bond donors (Lipinski definition) is 0. The summed E-state index contributed by atoms with van der Waals surface area (Å²) >= 11 is 7.90. The van der Waals surface area contributed by atoms with E-state index < -0.39 is 0 Å². The second-order valence-corrected chi connectivity index (χ2v) is 7.93. The zero-order chi connectivity index (χ0) is 19.9. The first-order chi connectivity index (χ1) is 14.3. The molecule has 5 nitrogen and oxygen atoms in total. The average Bonchev–Trinajstić information content (AvgIpc) is 3.17. The number of hydrogen-bond acceptors (Lipinski definition) is 5. The smallest absolute Gasteiger partial charge is 0.206 e. The highest BCUT2D eigenvalue weighted by Gasteiger charge is 2.10. The van der Waals surface area contributed by atoms with Crippen LogP contribution in [-0.4, -0.2) is 55.2 Å². The molecule has 0 aliphatic carbocycles. The van der Waals surface area contributed by atoms with E-state index in [1.54, 1.807) is 17.6 Å². The highest BCUT2D eigenvalue weighted by atomic mass is 35.5. The second kappa shape index (κ2) is 9.98. The van der Waals surface area contributed by atoms with Crippen LogP contribution in [-0.2, 0) is 4.74 Å². The van der Waals surface area contributed by atoms with Crippen molar-refractivity contribution in [3.8, 4) is 11.3 Å². The topological polar surface area (TPSA) is 42.1 Å². The summed E-state index contributed by atoms with van der Waals surface area (Å²) in [5.74, 6) is 0. The fraction of sp³-hybridized carbons (Fsp3) is 0.273. The van der Waals surface area contributed by atoms with Crippen molar-refractivity contribution in [2.45, 2.75) is 0 Å².